The number of oxazole rings is 1. The van der Waals surface area contributed by atoms with Gasteiger partial charge in [-0.05, 0) is 24.3 Å². The van der Waals surface area contributed by atoms with E-state index in [0.29, 0.717) is 53.2 Å². The summed E-state index contributed by atoms with van der Waals surface area (Å²) >= 11 is 0. The first-order valence-corrected chi connectivity index (χ1v) is 10.1. The van der Waals surface area contributed by atoms with Crippen molar-refractivity contribution in [3.63, 3.8) is 0 Å². The zero-order valence-corrected chi connectivity index (χ0v) is 16.7. The van der Waals surface area contributed by atoms with Crippen molar-refractivity contribution in [3.05, 3.63) is 84.6 Å². The Morgan fingerprint density at radius 1 is 0.871 bits per heavy atom. The van der Waals surface area contributed by atoms with Gasteiger partial charge in [0.25, 0.3) is 5.91 Å². The minimum atomic E-state index is -0.260. The number of hydrogen-bond acceptors (Lipinski definition) is 5. The smallest absolute Gasteiger partial charge is 0.256 e. The van der Waals surface area contributed by atoms with E-state index in [1.165, 1.54) is 0 Å². The molecule has 0 bridgehead atoms. The molecule has 0 saturated carbocycles. The molecule has 0 radical (unpaired) electrons. The highest BCUT2D eigenvalue weighted by atomic mass is 16.5. The number of fused-ring (bicyclic) bond motifs is 1. The van der Waals surface area contributed by atoms with Crippen molar-refractivity contribution in [2.24, 2.45) is 0 Å². The molecule has 0 unspecified atom stereocenters. The summed E-state index contributed by atoms with van der Waals surface area (Å²) in [6.45, 7) is 1.20. The van der Waals surface area contributed by atoms with E-state index in [9.17, 15) is 4.79 Å². The van der Waals surface area contributed by atoms with Gasteiger partial charge in [0.2, 0.25) is 5.89 Å². The Hall–Kier alpha value is -4.06. The number of nitrogens with one attached hydrogen (secondary N) is 1. The minimum Gasteiger partial charge on any atom is -0.490 e. The molecule has 1 amide bonds. The first kappa shape index (κ1) is 18.9. The van der Waals surface area contributed by atoms with Crippen LogP contribution in [0.2, 0.25) is 0 Å². The SMILES string of the molecule is O=C(Nc1ccc2c(c1)OCCCO2)c1ccccc1-c1ncc(-c2ccccc2)o1. The van der Waals surface area contributed by atoms with Gasteiger partial charge in [-0.25, -0.2) is 4.98 Å². The summed E-state index contributed by atoms with van der Waals surface area (Å²) in [7, 11) is 0. The second kappa shape index (κ2) is 8.36. The maximum absolute atomic E-state index is 13.1. The van der Waals surface area contributed by atoms with E-state index < -0.39 is 0 Å². The monoisotopic (exact) mass is 412 g/mol. The van der Waals surface area contributed by atoms with Gasteiger partial charge in [0.05, 0.1) is 25.0 Å². The van der Waals surface area contributed by atoms with Crippen molar-refractivity contribution < 1.29 is 18.7 Å². The third-order valence-corrected chi connectivity index (χ3v) is 4.97. The van der Waals surface area contributed by atoms with Crippen LogP contribution in [-0.2, 0) is 0 Å². The number of benzene rings is 3. The van der Waals surface area contributed by atoms with E-state index >= 15 is 0 Å². The number of nitrogens with zero attached hydrogens (tertiary/aromatic N) is 1. The van der Waals surface area contributed by atoms with Crippen LogP contribution in [-0.4, -0.2) is 24.1 Å². The lowest BCUT2D eigenvalue weighted by molar-refractivity contribution is 0.102. The minimum absolute atomic E-state index is 0.260. The van der Waals surface area contributed by atoms with Crippen LogP contribution in [0.4, 0.5) is 5.69 Å². The first-order chi connectivity index (χ1) is 15.3. The zero-order valence-electron chi connectivity index (χ0n) is 16.7. The van der Waals surface area contributed by atoms with Crippen LogP contribution in [0.3, 0.4) is 0 Å². The highest BCUT2D eigenvalue weighted by molar-refractivity contribution is 6.08. The van der Waals surface area contributed by atoms with E-state index in [-0.39, 0.29) is 5.91 Å². The van der Waals surface area contributed by atoms with Crippen LogP contribution < -0.4 is 14.8 Å². The van der Waals surface area contributed by atoms with Gasteiger partial charge in [-0.15, -0.1) is 0 Å². The van der Waals surface area contributed by atoms with Crippen LogP contribution in [0.1, 0.15) is 16.8 Å². The number of aromatic nitrogens is 1. The average Bonchev–Trinajstić information content (AvgIpc) is 3.19. The molecule has 5 rings (SSSR count). The van der Waals surface area contributed by atoms with Crippen LogP contribution in [0.25, 0.3) is 22.8 Å². The molecule has 0 fully saturated rings. The molecule has 0 saturated heterocycles. The molecule has 0 aliphatic carbocycles. The van der Waals surface area contributed by atoms with Crippen LogP contribution in [0.15, 0.2) is 83.4 Å². The number of rotatable bonds is 4. The normalized spacial score (nSPS) is 12.8. The number of amides is 1. The summed E-state index contributed by atoms with van der Waals surface area (Å²) < 4.78 is 17.3. The van der Waals surface area contributed by atoms with Gasteiger partial charge in [0.1, 0.15) is 0 Å². The summed E-state index contributed by atoms with van der Waals surface area (Å²) in [6.07, 6.45) is 2.49. The number of anilines is 1. The van der Waals surface area contributed by atoms with Gasteiger partial charge in [0, 0.05) is 29.3 Å². The van der Waals surface area contributed by atoms with E-state index in [0.717, 1.165) is 12.0 Å². The third kappa shape index (κ3) is 4.00. The standard InChI is InChI=1S/C25H20N2O4/c28-24(27-18-11-12-21-22(15-18)30-14-6-13-29-21)19-9-4-5-10-20(19)25-26-16-23(31-25)17-7-2-1-3-8-17/h1-5,7-12,15-16H,6,13-14H2,(H,27,28). The van der Waals surface area contributed by atoms with E-state index in [1.807, 2.05) is 54.6 Å². The van der Waals surface area contributed by atoms with E-state index in [4.69, 9.17) is 13.9 Å². The Labute approximate surface area is 179 Å². The molecule has 0 atom stereocenters. The fourth-order valence-corrected chi connectivity index (χ4v) is 3.44. The van der Waals surface area contributed by atoms with Gasteiger partial charge in [-0.2, -0.15) is 0 Å². The summed E-state index contributed by atoms with van der Waals surface area (Å²) in [5.74, 6) is 2.09. The maximum atomic E-state index is 13.1. The molecule has 1 aliphatic rings. The molecular weight excluding hydrogens is 392 g/mol. The maximum Gasteiger partial charge on any atom is 0.256 e. The number of carbonyl (C=O) groups excluding carboxylic acids is 1. The van der Waals surface area contributed by atoms with Crippen molar-refractivity contribution in [2.75, 3.05) is 18.5 Å². The van der Waals surface area contributed by atoms with E-state index in [1.54, 1.807) is 24.4 Å². The third-order valence-electron chi connectivity index (χ3n) is 4.97. The topological polar surface area (TPSA) is 73.6 Å². The fourth-order valence-electron chi connectivity index (χ4n) is 3.44. The van der Waals surface area contributed by atoms with Gasteiger partial charge in [0.15, 0.2) is 17.3 Å². The highest BCUT2D eigenvalue weighted by Gasteiger charge is 2.18. The van der Waals surface area contributed by atoms with Gasteiger partial charge < -0.3 is 19.2 Å². The summed E-state index contributed by atoms with van der Waals surface area (Å²) in [6, 6.07) is 22.3. The molecule has 6 heteroatoms. The Kier molecular flexibility index (Phi) is 5.10. The molecule has 3 aromatic carbocycles. The molecular formula is C25H20N2O4. The van der Waals surface area contributed by atoms with Crippen molar-refractivity contribution >= 4 is 11.6 Å². The fraction of sp³-hybridized carbons (Fsp3) is 0.120. The molecule has 6 nitrogen and oxygen atoms in total. The lowest BCUT2D eigenvalue weighted by Crippen LogP contribution is -2.13. The Morgan fingerprint density at radius 2 is 1.65 bits per heavy atom. The summed E-state index contributed by atoms with van der Waals surface area (Å²) in [5, 5.41) is 2.93. The average molecular weight is 412 g/mol. The van der Waals surface area contributed by atoms with Crippen molar-refractivity contribution in [1.82, 2.24) is 4.98 Å². The van der Waals surface area contributed by atoms with Crippen LogP contribution in [0, 0.1) is 0 Å². The summed E-state index contributed by atoms with van der Waals surface area (Å²) in [4.78, 5) is 17.5. The highest BCUT2D eigenvalue weighted by Crippen LogP contribution is 2.33. The second-order valence-corrected chi connectivity index (χ2v) is 7.11. The van der Waals surface area contributed by atoms with Crippen molar-refractivity contribution in [2.45, 2.75) is 6.42 Å². The molecule has 1 aromatic heterocycles. The second-order valence-electron chi connectivity index (χ2n) is 7.11. The number of ether oxygens (including phenoxy) is 2. The Morgan fingerprint density at radius 3 is 2.52 bits per heavy atom. The van der Waals surface area contributed by atoms with Crippen molar-refractivity contribution in [1.29, 1.82) is 0 Å². The van der Waals surface area contributed by atoms with E-state index in [2.05, 4.69) is 10.3 Å². The number of carbonyl (C=O) groups is 1. The molecule has 1 aliphatic heterocycles. The predicted octanol–water partition coefficient (Wildman–Crippen LogP) is 5.42. The first-order valence-electron chi connectivity index (χ1n) is 10.1. The van der Waals surface area contributed by atoms with Crippen LogP contribution in [0.5, 0.6) is 11.5 Å². The van der Waals surface area contributed by atoms with Crippen molar-refractivity contribution in [3.8, 4) is 34.3 Å². The molecule has 31 heavy (non-hydrogen) atoms. The molecule has 2 heterocycles. The summed E-state index contributed by atoms with van der Waals surface area (Å²) in [5.41, 5.74) is 2.64. The number of hydrogen-bond donors (Lipinski definition) is 1. The molecule has 154 valence electrons. The van der Waals surface area contributed by atoms with Gasteiger partial charge >= 0.3 is 0 Å². The molecule has 4 aromatic rings. The lowest BCUT2D eigenvalue weighted by Gasteiger charge is -2.11. The molecule has 1 N–H and O–H groups in total. The zero-order chi connectivity index (χ0) is 21.0. The molecule has 0 spiro atoms. The van der Waals surface area contributed by atoms with Gasteiger partial charge in [-0.1, -0.05) is 42.5 Å². The Bertz CT molecular complexity index is 1220. The Balaban J connectivity index is 1.41. The quantitative estimate of drug-likeness (QED) is 0.484. The van der Waals surface area contributed by atoms with Gasteiger partial charge in [-0.3, -0.25) is 4.79 Å². The lowest BCUT2D eigenvalue weighted by atomic mass is 10.1. The predicted molar refractivity (Wildman–Crippen MR) is 117 cm³/mol. The largest absolute Gasteiger partial charge is 0.490 e. The van der Waals surface area contributed by atoms with Crippen LogP contribution >= 0.6 is 0 Å².